The monoisotopic (exact) mass is 268 g/mol. The standard InChI is InChI=1S/C10H14Cl2O4/c1-2-3-6-15-9(13)4-5-10(14)16-7-8(11)12/h2,8H,1,3-7H2. The zero-order valence-electron chi connectivity index (χ0n) is 8.79. The zero-order chi connectivity index (χ0) is 12.4. The lowest BCUT2D eigenvalue weighted by Crippen LogP contribution is -2.13. The number of carbonyl (C=O) groups is 2. The number of esters is 2. The largest absolute Gasteiger partial charge is 0.465 e. The number of alkyl halides is 2. The highest BCUT2D eigenvalue weighted by Crippen LogP contribution is 2.03. The van der Waals surface area contributed by atoms with E-state index in [1.807, 2.05) is 0 Å². The normalized spacial score (nSPS) is 9.94. The molecule has 6 heteroatoms. The molecule has 0 atom stereocenters. The first-order valence-electron chi connectivity index (χ1n) is 4.76. The van der Waals surface area contributed by atoms with Crippen LogP contribution < -0.4 is 0 Å². The summed E-state index contributed by atoms with van der Waals surface area (Å²) in [4.78, 5) is 21.3. The van der Waals surface area contributed by atoms with Crippen molar-refractivity contribution in [2.75, 3.05) is 13.2 Å². The van der Waals surface area contributed by atoms with Crippen molar-refractivity contribution < 1.29 is 19.1 Å². The maximum absolute atomic E-state index is 11.0. The minimum atomic E-state index is -0.747. The lowest BCUT2D eigenvalue weighted by atomic mass is 10.3. The van der Waals surface area contributed by atoms with E-state index in [0.717, 1.165) is 0 Å². The molecule has 0 aromatic rings. The highest BCUT2D eigenvalue weighted by atomic mass is 35.5. The van der Waals surface area contributed by atoms with E-state index in [0.29, 0.717) is 6.42 Å². The topological polar surface area (TPSA) is 52.6 Å². The van der Waals surface area contributed by atoms with E-state index in [-0.39, 0.29) is 26.1 Å². The molecule has 0 aliphatic carbocycles. The number of rotatable bonds is 8. The molecular weight excluding hydrogens is 255 g/mol. The van der Waals surface area contributed by atoms with Crippen molar-refractivity contribution in [3.63, 3.8) is 0 Å². The van der Waals surface area contributed by atoms with Gasteiger partial charge in [0.15, 0.2) is 0 Å². The van der Waals surface area contributed by atoms with E-state index in [9.17, 15) is 9.59 Å². The van der Waals surface area contributed by atoms with Gasteiger partial charge in [-0.25, -0.2) is 0 Å². The molecule has 92 valence electrons. The summed E-state index contributed by atoms with van der Waals surface area (Å²) < 4.78 is 9.44. The van der Waals surface area contributed by atoms with Gasteiger partial charge in [0.2, 0.25) is 0 Å². The summed E-state index contributed by atoms with van der Waals surface area (Å²) in [5, 5.41) is 0. The first-order chi connectivity index (χ1) is 7.56. The minimum Gasteiger partial charge on any atom is -0.465 e. The van der Waals surface area contributed by atoms with Crippen LogP contribution in [0.2, 0.25) is 0 Å². The van der Waals surface area contributed by atoms with Crippen LogP contribution in [-0.4, -0.2) is 30.0 Å². The molecule has 0 N–H and O–H groups in total. The van der Waals surface area contributed by atoms with Crippen LogP contribution in [0.5, 0.6) is 0 Å². The van der Waals surface area contributed by atoms with Crippen LogP contribution in [0, 0.1) is 0 Å². The minimum absolute atomic E-state index is 0.00872. The third-order valence-electron chi connectivity index (χ3n) is 1.49. The summed E-state index contributed by atoms with van der Waals surface area (Å²) >= 11 is 10.7. The Kier molecular flexibility index (Phi) is 9.04. The molecule has 0 spiro atoms. The third kappa shape index (κ3) is 9.80. The SMILES string of the molecule is C=CCCOC(=O)CCC(=O)OCC(Cl)Cl. The van der Waals surface area contributed by atoms with Gasteiger partial charge in [0.05, 0.1) is 19.4 Å². The van der Waals surface area contributed by atoms with Gasteiger partial charge in [0.25, 0.3) is 0 Å². The van der Waals surface area contributed by atoms with Crippen LogP contribution in [-0.2, 0) is 19.1 Å². The van der Waals surface area contributed by atoms with Gasteiger partial charge in [-0.1, -0.05) is 6.08 Å². The number of halogens is 2. The highest BCUT2D eigenvalue weighted by molar-refractivity contribution is 6.44. The summed E-state index contributed by atoms with van der Waals surface area (Å²) in [6.45, 7) is 3.69. The predicted octanol–water partition coefficient (Wildman–Crippen LogP) is 2.23. The van der Waals surface area contributed by atoms with E-state index in [1.54, 1.807) is 6.08 Å². The Morgan fingerprint density at radius 2 is 1.75 bits per heavy atom. The van der Waals surface area contributed by atoms with E-state index >= 15 is 0 Å². The van der Waals surface area contributed by atoms with Gasteiger partial charge < -0.3 is 9.47 Å². The van der Waals surface area contributed by atoms with E-state index in [1.165, 1.54) is 0 Å². The Bertz CT molecular complexity index is 241. The van der Waals surface area contributed by atoms with E-state index in [4.69, 9.17) is 27.9 Å². The molecule has 0 unspecified atom stereocenters. The van der Waals surface area contributed by atoms with E-state index in [2.05, 4.69) is 11.3 Å². The van der Waals surface area contributed by atoms with Crippen LogP contribution in [0.25, 0.3) is 0 Å². The number of hydrogen-bond acceptors (Lipinski definition) is 4. The van der Waals surface area contributed by atoms with Crippen molar-refractivity contribution in [1.29, 1.82) is 0 Å². The summed E-state index contributed by atoms with van der Waals surface area (Å²) in [5.74, 6) is -0.959. The summed E-state index contributed by atoms with van der Waals surface area (Å²) in [6, 6.07) is 0. The average Bonchev–Trinajstić information content (AvgIpc) is 2.24. The van der Waals surface area contributed by atoms with Gasteiger partial charge in [0, 0.05) is 0 Å². The van der Waals surface area contributed by atoms with Gasteiger partial charge in [-0.2, -0.15) is 0 Å². The second-order valence-corrected chi connectivity index (χ2v) is 4.15. The maximum Gasteiger partial charge on any atom is 0.306 e. The van der Waals surface area contributed by atoms with Crippen LogP contribution >= 0.6 is 23.2 Å². The molecule has 0 aliphatic rings. The summed E-state index contributed by atoms with van der Waals surface area (Å²) in [5.41, 5.74) is 0. The molecule has 0 saturated carbocycles. The van der Waals surface area contributed by atoms with Crippen molar-refractivity contribution in [3.05, 3.63) is 12.7 Å². The Morgan fingerprint density at radius 3 is 2.25 bits per heavy atom. The number of carbonyl (C=O) groups excluding carboxylic acids is 2. The predicted molar refractivity (Wildman–Crippen MR) is 61.5 cm³/mol. The molecule has 0 aliphatic heterocycles. The van der Waals surface area contributed by atoms with Crippen LogP contribution in [0.3, 0.4) is 0 Å². The van der Waals surface area contributed by atoms with Gasteiger partial charge in [-0.05, 0) is 6.42 Å². The molecule has 0 amide bonds. The number of hydrogen-bond donors (Lipinski definition) is 0. The lowest BCUT2D eigenvalue weighted by molar-refractivity contribution is -0.150. The molecule has 0 aromatic carbocycles. The molecule has 0 saturated heterocycles. The Hall–Kier alpha value is -0.740. The quantitative estimate of drug-likeness (QED) is 0.293. The van der Waals surface area contributed by atoms with Gasteiger partial charge in [0.1, 0.15) is 11.4 Å². The molecule has 0 fully saturated rings. The fourth-order valence-electron chi connectivity index (χ4n) is 0.760. The average molecular weight is 269 g/mol. The fourth-order valence-corrected chi connectivity index (χ4v) is 0.886. The van der Waals surface area contributed by atoms with Crippen molar-refractivity contribution >= 4 is 35.1 Å². The summed E-state index contributed by atoms with van der Waals surface area (Å²) in [7, 11) is 0. The first kappa shape index (κ1) is 15.3. The molecule has 0 rings (SSSR count). The summed E-state index contributed by atoms with van der Waals surface area (Å²) in [6.07, 6.45) is 2.19. The van der Waals surface area contributed by atoms with Gasteiger partial charge in [-0.15, -0.1) is 29.8 Å². The highest BCUT2D eigenvalue weighted by Gasteiger charge is 2.10. The van der Waals surface area contributed by atoms with Crippen LogP contribution in [0.4, 0.5) is 0 Å². The fraction of sp³-hybridized carbons (Fsp3) is 0.600. The first-order valence-corrected chi connectivity index (χ1v) is 5.64. The van der Waals surface area contributed by atoms with Crippen LogP contribution in [0.15, 0.2) is 12.7 Å². The smallest absolute Gasteiger partial charge is 0.306 e. The lowest BCUT2D eigenvalue weighted by Gasteiger charge is -2.05. The van der Waals surface area contributed by atoms with Crippen molar-refractivity contribution in [2.45, 2.75) is 24.1 Å². The van der Waals surface area contributed by atoms with Gasteiger partial charge in [-0.3, -0.25) is 9.59 Å². The maximum atomic E-state index is 11.0. The molecule has 0 heterocycles. The van der Waals surface area contributed by atoms with Gasteiger partial charge >= 0.3 is 11.9 Å². The molecule has 0 bridgehead atoms. The Balaban J connectivity index is 3.51. The second-order valence-electron chi connectivity index (χ2n) is 2.87. The number of ether oxygens (including phenoxy) is 2. The second kappa shape index (κ2) is 9.48. The molecular formula is C10H14Cl2O4. The Labute approximate surface area is 104 Å². The third-order valence-corrected chi connectivity index (χ3v) is 1.74. The Morgan fingerprint density at radius 1 is 1.19 bits per heavy atom. The molecule has 0 radical (unpaired) electrons. The zero-order valence-corrected chi connectivity index (χ0v) is 10.3. The van der Waals surface area contributed by atoms with Crippen LogP contribution in [0.1, 0.15) is 19.3 Å². The van der Waals surface area contributed by atoms with E-state index < -0.39 is 16.8 Å². The molecule has 16 heavy (non-hydrogen) atoms. The van der Waals surface area contributed by atoms with Crippen molar-refractivity contribution in [2.24, 2.45) is 0 Å². The molecule has 4 nitrogen and oxygen atoms in total. The van der Waals surface area contributed by atoms with Crippen molar-refractivity contribution in [1.82, 2.24) is 0 Å². The molecule has 0 aromatic heterocycles. The van der Waals surface area contributed by atoms with Crippen molar-refractivity contribution in [3.8, 4) is 0 Å².